The number of benzene rings is 3. The van der Waals surface area contributed by atoms with Crippen LogP contribution in [0.2, 0.25) is 0 Å². The second kappa shape index (κ2) is 16.5. The number of hydrogen-bond acceptors (Lipinski definition) is 9. The molecule has 1 heterocycles. The first-order chi connectivity index (χ1) is 26.0. The van der Waals surface area contributed by atoms with Gasteiger partial charge in [-0.2, -0.15) is 0 Å². The predicted octanol–water partition coefficient (Wildman–Crippen LogP) is 9.15. The molecule has 290 valence electrons. The van der Waals surface area contributed by atoms with Crippen molar-refractivity contribution in [3.63, 3.8) is 0 Å². The van der Waals surface area contributed by atoms with E-state index in [9.17, 15) is 9.59 Å². The molecule has 2 aliphatic rings. The highest BCUT2D eigenvalue weighted by atomic mass is 16.6. The Labute approximate surface area is 322 Å². The zero-order chi connectivity index (χ0) is 40.1. The summed E-state index contributed by atoms with van der Waals surface area (Å²) >= 11 is 0. The molecule has 55 heavy (non-hydrogen) atoms. The monoisotopic (exact) mass is 750 g/mol. The second-order valence-corrected chi connectivity index (χ2v) is 15.7. The van der Waals surface area contributed by atoms with E-state index in [-0.39, 0.29) is 24.0 Å². The molecule has 13 nitrogen and oxygen atoms in total. The number of nitrogens with zero attached hydrogens (tertiary/aromatic N) is 3. The molecule has 0 spiro atoms. The average Bonchev–Trinajstić information content (AvgIpc) is 3.86. The van der Waals surface area contributed by atoms with E-state index >= 15 is 0 Å². The van der Waals surface area contributed by atoms with Crippen LogP contribution in [-0.2, 0) is 22.3 Å². The number of aromatic nitrogens is 1. The highest BCUT2D eigenvalue weighted by Crippen LogP contribution is 2.40. The van der Waals surface area contributed by atoms with Crippen LogP contribution in [0, 0.1) is 6.57 Å². The Morgan fingerprint density at radius 1 is 0.909 bits per heavy atom. The molecule has 0 bridgehead atoms. The lowest BCUT2D eigenvalue weighted by Crippen LogP contribution is -2.34. The minimum absolute atomic E-state index is 0.0166. The summed E-state index contributed by atoms with van der Waals surface area (Å²) in [4.78, 5) is 27.8. The van der Waals surface area contributed by atoms with Crippen LogP contribution in [-0.4, -0.2) is 45.7 Å². The summed E-state index contributed by atoms with van der Waals surface area (Å²) in [5.41, 5.74) is 12.4. The Balaban J connectivity index is 0.000000237. The topological polar surface area (TPSA) is 175 Å². The molecular weight excluding hydrogens is 700 g/mol. The van der Waals surface area contributed by atoms with Crippen molar-refractivity contribution in [2.75, 3.05) is 0 Å². The molecule has 0 saturated heterocycles. The quantitative estimate of drug-likeness (QED) is 0.0472. The van der Waals surface area contributed by atoms with Crippen molar-refractivity contribution in [3.05, 3.63) is 99.9 Å². The van der Waals surface area contributed by atoms with Crippen molar-refractivity contribution in [2.45, 2.75) is 110 Å². The maximum absolute atomic E-state index is 12.3. The van der Waals surface area contributed by atoms with Crippen molar-refractivity contribution in [3.8, 4) is 28.3 Å². The molecule has 2 atom stereocenters. The van der Waals surface area contributed by atoms with E-state index in [1.165, 1.54) is 0 Å². The molecule has 0 saturated carbocycles. The summed E-state index contributed by atoms with van der Waals surface area (Å²) in [7, 11) is 0. The fourth-order valence-electron chi connectivity index (χ4n) is 6.69. The number of carbonyl (C=O) groups is 2. The maximum atomic E-state index is 12.3. The first-order valence-corrected chi connectivity index (χ1v) is 18.3. The number of oxime groups is 1. The Morgan fingerprint density at radius 2 is 1.49 bits per heavy atom. The number of alkyl carbamates (subject to hydrolysis) is 2. The summed E-state index contributed by atoms with van der Waals surface area (Å²) in [6, 6.07) is 18.7. The fourth-order valence-corrected chi connectivity index (χ4v) is 6.69. The van der Waals surface area contributed by atoms with E-state index in [2.05, 4.69) is 25.8 Å². The Hall–Kier alpha value is -6.03. The number of carbonyl (C=O) groups excluding carboxylic acids is 2. The van der Waals surface area contributed by atoms with Gasteiger partial charge in [0.1, 0.15) is 22.6 Å². The van der Waals surface area contributed by atoms with Crippen LogP contribution in [0.5, 0.6) is 5.75 Å². The Morgan fingerprint density at radius 3 is 2.05 bits per heavy atom. The highest BCUT2D eigenvalue weighted by Gasteiger charge is 2.30. The lowest BCUT2D eigenvalue weighted by molar-refractivity contribution is 0.0492. The highest BCUT2D eigenvalue weighted by molar-refractivity contribution is 5.99. The number of fused-ring (bicyclic) bond motifs is 2. The fraction of sp³-hybridized carbons (Fsp3) is 0.405. The number of nitrogens with one attached hydrogen (secondary N) is 2. The van der Waals surface area contributed by atoms with Gasteiger partial charge in [0.25, 0.3) is 0 Å². The number of amidine groups is 1. The van der Waals surface area contributed by atoms with Gasteiger partial charge in [-0.25, -0.2) is 14.4 Å². The number of ether oxygens (including phenoxy) is 3. The third-order valence-corrected chi connectivity index (χ3v) is 8.82. The molecule has 13 heteroatoms. The molecule has 0 aliphatic heterocycles. The number of nitrogens with two attached hydrogens (primary N) is 1. The minimum atomic E-state index is -0.545. The molecule has 3 aromatic carbocycles. The first-order valence-electron chi connectivity index (χ1n) is 18.3. The van der Waals surface area contributed by atoms with E-state index in [1.54, 1.807) is 12.1 Å². The number of hydrogen-bond donors (Lipinski definition) is 4. The van der Waals surface area contributed by atoms with Crippen molar-refractivity contribution in [1.29, 1.82) is 0 Å². The van der Waals surface area contributed by atoms with Crippen molar-refractivity contribution in [1.82, 2.24) is 15.8 Å². The van der Waals surface area contributed by atoms with E-state index in [0.29, 0.717) is 22.8 Å². The van der Waals surface area contributed by atoms with Gasteiger partial charge in [0.2, 0.25) is 5.69 Å². The van der Waals surface area contributed by atoms with Gasteiger partial charge in [-0.05, 0) is 115 Å². The van der Waals surface area contributed by atoms with Crippen LogP contribution in [0.1, 0.15) is 108 Å². The van der Waals surface area contributed by atoms with Crippen molar-refractivity contribution >= 4 is 23.7 Å². The molecule has 0 radical (unpaired) electrons. The van der Waals surface area contributed by atoms with Crippen LogP contribution < -0.4 is 21.1 Å². The van der Waals surface area contributed by atoms with Crippen molar-refractivity contribution < 1.29 is 33.5 Å². The third-order valence-electron chi connectivity index (χ3n) is 8.82. The van der Waals surface area contributed by atoms with E-state index in [1.807, 2.05) is 104 Å². The summed E-state index contributed by atoms with van der Waals surface area (Å²) in [5.74, 6) is 1.22. The normalized spacial score (nSPS) is 16.3. The summed E-state index contributed by atoms with van der Waals surface area (Å²) in [6.07, 6.45) is 2.28. The SMILES string of the molecule is CC(C)(C)OC(=O)N[C@@H]1CCc2c(C(N)=NO)cccc21.[C-]#[N+]c1cc(-c2cc(-c3cccc4c3CC[C@@H]4NC(=O)OC(C)(C)C)no2)ccc1OC(C)C. The summed E-state index contributed by atoms with van der Waals surface area (Å²) in [6.45, 7) is 22.4. The third kappa shape index (κ3) is 10.1. The largest absolute Gasteiger partial charge is 0.502 e. The average molecular weight is 751 g/mol. The molecule has 0 unspecified atom stereocenters. The molecule has 2 amide bonds. The van der Waals surface area contributed by atoms with E-state index in [4.69, 9.17) is 36.2 Å². The molecule has 1 aromatic heterocycles. The van der Waals surface area contributed by atoms with Crippen molar-refractivity contribution in [2.24, 2.45) is 10.9 Å². The van der Waals surface area contributed by atoms with E-state index in [0.717, 1.165) is 64.8 Å². The molecule has 4 aromatic rings. The maximum Gasteiger partial charge on any atom is 0.408 e. The second-order valence-electron chi connectivity index (χ2n) is 15.7. The number of rotatable bonds is 7. The minimum Gasteiger partial charge on any atom is -0.502 e. The van der Waals surface area contributed by atoms with Gasteiger partial charge in [0, 0.05) is 22.8 Å². The summed E-state index contributed by atoms with van der Waals surface area (Å²) in [5, 5.41) is 22.0. The number of amides is 2. The molecule has 6 rings (SSSR count). The van der Waals surface area contributed by atoms with Gasteiger partial charge < -0.3 is 40.3 Å². The molecule has 0 fully saturated rings. The van der Waals surface area contributed by atoms with Gasteiger partial charge in [0.05, 0.1) is 24.8 Å². The Kier molecular flexibility index (Phi) is 12.1. The van der Waals surface area contributed by atoms with Gasteiger partial charge in [-0.15, -0.1) is 0 Å². The predicted molar refractivity (Wildman–Crippen MR) is 209 cm³/mol. The van der Waals surface area contributed by atoms with Gasteiger partial charge >= 0.3 is 12.2 Å². The van der Waals surface area contributed by atoms with Crippen LogP contribution in [0.3, 0.4) is 0 Å². The zero-order valence-corrected chi connectivity index (χ0v) is 32.6. The molecule has 2 aliphatic carbocycles. The smallest absolute Gasteiger partial charge is 0.408 e. The van der Waals surface area contributed by atoms with Crippen LogP contribution >= 0.6 is 0 Å². The standard InChI is InChI=1S/C27H29N3O4.C15H21N3O3/c1-16(2)32-24-13-10-17(14-23(24)28-6)25-15-22(30-34-25)20-9-7-8-19-18(20)11-12-21(19)29-26(31)33-27(3,4)5;1-15(2,3)21-14(19)17-12-8-7-9-10(12)5-4-6-11(9)13(16)18-20/h7-10,13-16,21H,11-12H2,1-5H3,(H,29,31);4-6,12,20H,7-8H2,1-3H3,(H2,16,18)(H,17,19)/t21-;12-/m01/s1. The van der Waals surface area contributed by atoms with Gasteiger partial charge in [-0.1, -0.05) is 52.8 Å². The lowest BCUT2D eigenvalue weighted by Gasteiger charge is -2.22. The Bertz CT molecular complexity index is 2100. The van der Waals surface area contributed by atoms with Crippen LogP contribution in [0.25, 0.3) is 27.4 Å². The summed E-state index contributed by atoms with van der Waals surface area (Å²) < 4.78 is 22.1. The van der Waals surface area contributed by atoms with Gasteiger partial charge in [-0.3, -0.25) is 0 Å². The molecule has 5 N–H and O–H groups in total. The van der Waals surface area contributed by atoms with Crippen LogP contribution in [0.4, 0.5) is 15.3 Å². The molecular formula is C42H50N6O7. The lowest BCUT2D eigenvalue weighted by atomic mass is 9.99. The van der Waals surface area contributed by atoms with E-state index < -0.39 is 23.4 Å². The van der Waals surface area contributed by atoms with Gasteiger partial charge in [0.15, 0.2) is 11.6 Å². The van der Waals surface area contributed by atoms with Crippen LogP contribution in [0.15, 0.2) is 70.3 Å². The first kappa shape index (κ1) is 40.2. The zero-order valence-electron chi connectivity index (χ0n) is 32.6.